The number of methoxy groups -OCH3 is 1. The van der Waals surface area contributed by atoms with E-state index >= 15 is 0 Å². The number of fused-ring (bicyclic) bond motifs is 3. The fraction of sp³-hybridized carbons (Fsp3) is 0.188. The Kier molecular flexibility index (Phi) is 3.90. The Morgan fingerprint density at radius 2 is 1.96 bits per heavy atom. The molecule has 0 N–H and O–H groups in total. The lowest BCUT2D eigenvalue weighted by molar-refractivity contribution is 0.186. The SMILES string of the molecule is COCCn1cnc2c(nnc3c(-c4ccc(Cl)cc4)cnn32)c1=O. The van der Waals surface area contributed by atoms with Crippen molar-refractivity contribution in [1.82, 2.24) is 29.4 Å². The molecule has 0 spiro atoms. The molecule has 1 aromatic carbocycles. The van der Waals surface area contributed by atoms with E-state index in [0.29, 0.717) is 29.5 Å². The van der Waals surface area contributed by atoms with Gasteiger partial charge in [0, 0.05) is 17.7 Å². The van der Waals surface area contributed by atoms with E-state index in [1.54, 1.807) is 25.4 Å². The first-order valence-electron chi connectivity index (χ1n) is 7.53. The highest BCUT2D eigenvalue weighted by Gasteiger charge is 2.15. The van der Waals surface area contributed by atoms with E-state index < -0.39 is 0 Å². The van der Waals surface area contributed by atoms with Gasteiger partial charge in [0.05, 0.1) is 19.3 Å². The van der Waals surface area contributed by atoms with Crippen molar-refractivity contribution in [2.24, 2.45) is 0 Å². The van der Waals surface area contributed by atoms with Gasteiger partial charge in [-0.25, -0.2) is 4.98 Å². The number of benzene rings is 1. The topological polar surface area (TPSA) is 87.2 Å². The van der Waals surface area contributed by atoms with Crippen LogP contribution in [0.4, 0.5) is 0 Å². The zero-order valence-corrected chi connectivity index (χ0v) is 14.0. The van der Waals surface area contributed by atoms with Crippen molar-refractivity contribution in [3.8, 4) is 11.1 Å². The van der Waals surface area contributed by atoms with Gasteiger partial charge in [0.15, 0.2) is 16.8 Å². The average molecular weight is 357 g/mol. The maximum atomic E-state index is 12.5. The Balaban J connectivity index is 1.89. The van der Waals surface area contributed by atoms with Crippen molar-refractivity contribution in [3.63, 3.8) is 0 Å². The number of hydrogen-bond donors (Lipinski definition) is 0. The lowest BCUT2D eigenvalue weighted by atomic mass is 10.1. The standard InChI is InChI=1S/C16H13ClN6O2/c1-25-7-6-22-9-18-15-13(16(22)24)20-21-14-12(8-19-23(14)15)10-2-4-11(17)5-3-10/h2-5,8-9H,6-7H2,1H3. The third-order valence-corrected chi connectivity index (χ3v) is 4.13. The van der Waals surface area contributed by atoms with Crippen LogP contribution in [0.5, 0.6) is 0 Å². The second-order valence-electron chi connectivity index (χ2n) is 5.41. The van der Waals surface area contributed by atoms with Gasteiger partial charge in [0.1, 0.15) is 6.33 Å². The molecule has 0 amide bonds. The molecule has 0 aliphatic heterocycles. The van der Waals surface area contributed by atoms with Gasteiger partial charge in [-0.05, 0) is 17.7 Å². The fourth-order valence-corrected chi connectivity index (χ4v) is 2.71. The third-order valence-electron chi connectivity index (χ3n) is 3.88. The monoisotopic (exact) mass is 356 g/mol. The molecule has 3 heterocycles. The van der Waals surface area contributed by atoms with E-state index in [2.05, 4.69) is 20.3 Å². The lowest BCUT2D eigenvalue weighted by Gasteiger charge is -2.05. The van der Waals surface area contributed by atoms with Gasteiger partial charge in [-0.2, -0.15) is 9.61 Å². The number of nitrogens with zero attached hydrogens (tertiary/aromatic N) is 6. The van der Waals surface area contributed by atoms with Gasteiger partial charge in [-0.15, -0.1) is 10.2 Å². The second-order valence-corrected chi connectivity index (χ2v) is 5.85. The molecule has 0 radical (unpaired) electrons. The summed E-state index contributed by atoms with van der Waals surface area (Å²) in [5, 5.41) is 13.2. The number of hydrogen-bond acceptors (Lipinski definition) is 6. The molecule has 3 aromatic heterocycles. The predicted octanol–water partition coefficient (Wildman–Crippen LogP) is 1.80. The van der Waals surface area contributed by atoms with Crippen LogP contribution >= 0.6 is 11.6 Å². The van der Waals surface area contributed by atoms with Crippen molar-refractivity contribution in [1.29, 1.82) is 0 Å². The minimum atomic E-state index is -0.278. The Morgan fingerprint density at radius 1 is 1.16 bits per heavy atom. The maximum absolute atomic E-state index is 12.5. The smallest absolute Gasteiger partial charge is 0.283 e. The highest BCUT2D eigenvalue weighted by Crippen LogP contribution is 2.25. The van der Waals surface area contributed by atoms with Crippen LogP contribution < -0.4 is 5.56 Å². The zero-order chi connectivity index (χ0) is 17.4. The summed E-state index contributed by atoms with van der Waals surface area (Å²) in [4.78, 5) is 16.8. The minimum absolute atomic E-state index is 0.164. The van der Waals surface area contributed by atoms with Crippen molar-refractivity contribution < 1.29 is 4.74 Å². The van der Waals surface area contributed by atoms with Crippen LogP contribution in [0.1, 0.15) is 0 Å². The van der Waals surface area contributed by atoms with Gasteiger partial charge in [0.2, 0.25) is 0 Å². The first kappa shape index (κ1) is 15.7. The van der Waals surface area contributed by atoms with Crippen LogP contribution in [0, 0.1) is 0 Å². The third kappa shape index (κ3) is 2.65. The predicted molar refractivity (Wildman–Crippen MR) is 92.7 cm³/mol. The molecule has 9 heteroatoms. The summed E-state index contributed by atoms with van der Waals surface area (Å²) >= 11 is 5.93. The number of halogens is 1. The summed E-state index contributed by atoms with van der Waals surface area (Å²) in [5.74, 6) is 0. The Morgan fingerprint density at radius 3 is 2.72 bits per heavy atom. The molecular formula is C16H13ClN6O2. The Labute approximate surface area is 146 Å². The molecule has 8 nitrogen and oxygen atoms in total. The van der Waals surface area contributed by atoms with Gasteiger partial charge in [-0.1, -0.05) is 23.7 Å². The molecule has 4 rings (SSSR count). The van der Waals surface area contributed by atoms with Crippen molar-refractivity contribution in [2.75, 3.05) is 13.7 Å². The quantitative estimate of drug-likeness (QED) is 0.554. The molecule has 0 fully saturated rings. The molecule has 0 bridgehead atoms. The van der Waals surface area contributed by atoms with Crippen LogP contribution in [0.3, 0.4) is 0 Å². The maximum Gasteiger partial charge on any atom is 0.283 e. The first-order chi connectivity index (χ1) is 12.2. The first-order valence-corrected chi connectivity index (χ1v) is 7.91. The van der Waals surface area contributed by atoms with E-state index in [1.807, 2.05) is 12.1 Å². The van der Waals surface area contributed by atoms with Gasteiger partial charge >= 0.3 is 0 Å². The van der Waals surface area contributed by atoms with Gasteiger partial charge in [-0.3, -0.25) is 9.36 Å². The summed E-state index contributed by atoms with van der Waals surface area (Å²) in [6.45, 7) is 0.804. The normalized spacial score (nSPS) is 11.4. The summed E-state index contributed by atoms with van der Waals surface area (Å²) in [5.41, 5.74) is 2.47. The van der Waals surface area contributed by atoms with Gasteiger partial charge in [0.25, 0.3) is 5.56 Å². The molecule has 0 atom stereocenters. The van der Waals surface area contributed by atoms with E-state index in [0.717, 1.165) is 11.1 Å². The zero-order valence-electron chi connectivity index (χ0n) is 13.3. The average Bonchev–Trinajstić information content (AvgIpc) is 3.06. The molecule has 25 heavy (non-hydrogen) atoms. The fourth-order valence-electron chi connectivity index (χ4n) is 2.58. The number of ether oxygens (including phenoxy) is 1. The second kappa shape index (κ2) is 6.23. The summed E-state index contributed by atoms with van der Waals surface area (Å²) in [6, 6.07) is 7.34. The summed E-state index contributed by atoms with van der Waals surface area (Å²) < 4.78 is 7.96. The molecule has 0 aliphatic carbocycles. The molecular weight excluding hydrogens is 344 g/mol. The molecule has 0 saturated carbocycles. The van der Waals surface area contributed by atoms with Crippen LogP contribution in [-0.2, 0) is 11.3 Å². The molecule has 0 unspecified atom stereocenters. The van der Waals surface area contributed by atoms with Crippen LogP contribution in [-0.4, -0.2) is 43.1 Å². The largest absolute Gasteiger partial charge is 0.383 e. The minimum Gasteiger partial charge on any atom is -0.383 e. The van der Waals surface area contributed by atoms with Crippen molar-refractivity contribution in [2.45, 2.75) is 6.54 Å². The summed E-state index contributed by atoms with van der Waals surface area (Å²) in [6.07, 6.45) is 3.14. The molecule has 126 valence electrons. The van der Waals surface area contributed by atoms with E-state index in [1.165, 1.54) is 15.4 Å². The number of rotatable bonds is 4. The van der Waals surface area contributed by atoms with Crippen molar-refractivity contribution in [3.05, 3.63) is 52.2 Å². The van der Waals surface area contributed by atoms with E-state index in [4.69, 9.17) is 16.3 Å². The highest BCUT2D eigenvalue weighted by atomic mass is 35.5. The number of aromatic nitrogens is 6. The van der Waals surface area contributed by atoms with Gasteiger partial charge < -0.3 is 4.74 Å². The van der Waals surface area contributed by atoms with Crippen LogP contribution in [0.2, 0.25) is 5.02 Å². The summed E-state index contributed by atoms with van der Waals surface area (Å²) in [7, 11) is 1.57. The molecule has 4 aromatic rings. The van der Waals surface area contributed by atoms with Crippen molar-refractivity contribution >= 4 is 28.4 Å². The van der Waals surface area contributed by atoms with Crippen LogP contribution in [0.25, 0.3) is 27.9 Å². The van der Waals surface area contributed by atoms with E-state index in [-0.39, 0.29) is 11.1 Å². The Bertz CT molecular complexity index is 1120. The molecule has 0 saturated heterocycles. The van der Waals surface area contributed by atoms with Crippen LogP contribution in [0.15, 0.2) is 41.6 Å². The lowest BCUT2D eigenvalue weighted by Crippen LogP contribution is -2.24. The van der Waals surface area contributed by atoms with E-state index in [9.17, 15) is 4.79 Å². The highest BCUT2D eigenvalue weighted by molar-refractivity contribution is 6.30. The molecule has 0 aliphatic rings. The Hall–Kier alpha value is -2.84.